The number of nitrogens with one attached hydrogen (secondary N) is 1. The van der Waals surface area contributed by atoms with Crippen molar-refractivity contribution in [1.82, 2.24) is 14.8 Å². The first-order valence-electron chi connectivity index (χ1n) is 9.87. The normalized spacial score (nSPS) is 14.7. The van der Waals surface area contributed by atoms with E-state index in [2.05, 4.69) is 15.2 Å². The molecule has 0 radical (unpaired) electrons. The van der Waals surface area contributed by atoms with Gasteiger partial charge in [0.05, 0.1) is 6.54 Å². The lowest BCUT2D eigenvalue weighted by Gasteiger charge is -2.34. The summed E-state index contributed by atoms with van der Waals surface area (Å²) >= 11 is 3.12. The van der Waals surface area contributed by atoms with E-state index in [0.29, 0.717) is 38.4 Å². The van der Waals surface area contributed by atoms with Crippen molar-refractivity contribution in [2.45, 2.75) is 13.8 Å². The predicted molar refractivity (Wildman–Crippen MR) is 122 cm³/mol. The number of nitrogens with zero attached hydrogens (tertiary/aromatic N) is 3. The number of hydrogen-bond donors (Lipinski definition) is 1. The van der Waals surface area contributed by atoms with E-state index in [0.717, 1.165) is 27.4 Å². The molecule has 3 aromatic rings. The maximum atomic E-state index is 12.8. The first-order valence-corrected chi connectivity index (χ1v) is 11.7. The molecular formula is C22H24N4O2S2. The van der Waals surface area contributed by atoms with Crippen LogP contribution >= 0.6 is 22.7 Å². The molecule has 1 N–H and O–H groups in total. The molecule has 1 fully saturated rings. The van der Waals surface area contributed by atoms with Crippen molar-refractivity contribution in [2.75, 3.05) is 38.0 Å². The number of carbonyl (C=O) groups excluding carboxylic acids is 2. The third-order valence-electron chi connectivity index (χ3n) is 5.40. The molecule has 0 spiro atoms. The van der Waals surface area contributed by atoms with E-state index in [9.17, 15) is 9.59 Å². The number of thiazole rings is 1. The molecule has 3 heterocycles. The number of rotatable bonds is 5. The molecule has 2 aromatic heterocycles. The van der Waals surface area contributed by atoms with Gasteiger partial charge in [0.1, 0.15) is 10.7 Å². The van der Waals surface area contributed by atoms with Crippen LogP contribution in [0.2, 0.25) is 0 Å². The van der Waals surface area contributed by atoms with Gasteiger partial charge in [-0.05, 0) is 42.5 Å². The summed E-state index contributed by atoms with van der Waals surface area (Å²) in [7, 11) is 0. The van der Waals surface area contributed by atoms with Gasteiger partial charge in [0.15, 0.2) is 0 Å². The maximum absolute atomic E-state index is 12.8. The fourth-order valence-electron chi connectivity index (χ4n) is 3.44. The van der Waals surface area contributed by atoms with Crippen molar-refractivity contribution in [3.63, 3.8) is 0 Å². The van der Waals surface area contributed by atoms with E-state index in [1.165, 1.54) is 11.3 Å². The molecule has 1 aliphatic heterocycles. The van der Waals surface area contributed by atoms with Crippen molar-refractivity contribution in [2.24, 2.45) is 0 Å². The van der Waals surface area contributed by atoms with Crippen molar-refractivity contribution in [1.29, 1.82) is 0 Å². The van der Waals surface area contributed by atoms with Crippen LogP contribution < -0.4 is 5.32 Å². The standard InChI is InChI=1S/C22H24N4O2S2/c1-15-4-3-5-18(16(15)2)23-20(27)12-25-7-9-26(10-8-25)22(28)19-14-30-21(24-19)17-6-11-29-13-17/h3-6,11,13-14H,7-10,12H2,1-2H3,(H,23,27). The number of carbonyl (C=O) groups is 2. The summed E-state index contributed by atoms with van der Waals surface area (Å²) < 4.78 is 0. The number of anilines is 1. The van der Waals surface area contributed by atoms with Gasteiger partial charge >= 0.3 is 0 Å². The first-order chi connectivity index (χ1) is 14.5. The smallest absolute Gasteiger partial charge is 0.273 e. The van der Waals surface area contributed by atoms with Crippen LogP contribution in [0.1, 0.15) is 21.6 Å². The molecule has 2 amide bonds. The molecule has 4 rings (SSSR count). The average molecular weight is 441 g/mol. The van der Waals surface area contributed by atoms with E-state index in [1.807, 2.05) is 59.2 Å². The molecule has 0 unspecified atom stereocenters. The van der Waals surface area contributed by atoms with Gasteiger partial charge in [-0.25, -0.2) is 4.98 Å². The second-order valence-electron chi connectivity index (χ2n) is 7.41. The highest BCUT2D eigenvalue weighted by Gasteiger charge is 2.25. The second-order valence-corrected chi connectivity index (χ2v) is 9.05. The fourth-order valence-corrected chi connectivity index (χ4v) is 4.95. The number of hydrogen-bond acceptors (Lipinski definition) is 6. The lowest BCUT2D eigenvalue weighted by Crippen LogP contribution is -2.50. The van der Waals surface area contributed by atoms with Gasteiger partial charge in [0.2, 0.25) is 5.91 Å². The Balaban J connectivity index is 1.29. The van der Waals surface area contributed by atoms with E-state index < -0.39 is 0 Å². The largest absolute Gasteiger partial charge is 0.335 e. The summed E-state index contributed by atoms with van der Waals surface area (Å²) in [6.07, 6.45) is 0. The quantitative estimate of drug-likeness (QED) is 0.654. The Morgan fingerprint density at radius 3 is 2.63 bits per heavy atom. The number of benzene rings is 1. The van der Waals surface area contributed by atoms with Crippen LogP contribution in [-0.2, 0) is 4.79 Å². The molecular weight excluding hydrogens is 416 g/mol. The third-order valence-corrected chi connectivity index (χ3v) is 6.97. The highest BCUT2D eigenvalue weighted by Crippen LogP contribution is 2.26. The minimum Gasteiger partial charge on any atom is -0.335 e. The molecule has 1 saturated heterocycles. The Morgan fingerprint density at radius 2 is 1.90 bits per heavy atom. The van der Waals surface area contributed by atoms with Crippen LogP contribution in [0.25, 0.3) is 10.6 Å². The summed E-state index contributed by atoms with van der Waals surface area (Å²) in [5, 5.41) is 9.76. The van der Waals surface area contributed by atoms with Crippen LogP contribution in [0.4, 0.5) is 5.69 Å². The fraction of sp³-hybridized carbons (Fsp3) is 0.318. The van der Waals surface area contributed by atoms with Gasteiger partial charge < -0.3 is 10.2 Å². The predicted octanol–water partition coefficient (Wildman–Crippen LogP) is 3.88. The second kappa shape index (κ2) is 9.07. The SMILES string of the molecule is Cc1cccc(NC(=O)CN2CCN(C(=O)c3csc(-c4ccsc4)n3)CC2)c1C. The van der Waals surface area contributed by atoms with Gasteiger partial charge in [-0.15, -0.1) is 11.3 Å². The van der Waals surface area contributed by atoms with E-state index in [1.54, 1.807) is 11.3 Å². The van der Waals surface area contributed by atoms with Crippen LogP contribution in [0.5, 0.6) is 0 Å². The molecule has 8 heteroatoms. The van der Waals surface area contributed by atoms with Crippen LogP contribution in [0, 0.1) is 13.8 Å². The highest BCUT2D eigenvalue weighted by atomic mass is 32.1. The van der Waals surface area contributed by atoms with Gasteiger partial charge in [-0.1, -0.05) is 12.1 Å². The topological polar surface area (TPSA) is 65.5 Å². The number of aromatic nitrogens is 1. The van der Waals surface area contributed by atoms with Crippen molar-refractivity contribution >= 4 is 40.2 Å². The van der Waals surface area contributed by atoms with Crippen LogP contribution in [0.15, 0.2) is 40.4 Å². The third kappa shape index (κ3) is 4.61. The summed E-state index contributed by atoms with van der Waals surface area (Å²) in [5.41, 5.74) is 4.67. The van der Waals surface area contributed by atoms with E-state index in [4.69, 9.17) is 0 Å². The van der Waals surface area contributed by atoms with Crippen molar-refractivity contribution in [3.8, 4) is 10.6 Å². The molecule has 0 aliphatic carbocycles. The Morgan fingerprint density at radius 1 is 1.10 bits per heavy atom. The Kier molecular flexibility index (Phi) is 6.26. The van der Waals surface area contributed by atoms with Crippen molar-refractivity contribution in [3.05, 3.63) is 57.2 Å². The summed E-state index contributed by atoms with van der Waals surface area (Å²) in [6.45, 7) is 6.92. The van der Waals surface area contributed by atoms with E-state index in [-0.39, 0.29) is 11.8 Å². The summed E-state index contributed by atoms with van der Waals surface area (Å²) in [5.74, 6) is -0.0596. The number of aryl methyl sites for hydroxylation is 1. The molecule has 1 aliphatic rings. The van der Waals surface area contributed by atoms with Gasteiger partial charge in [-0.2, -0.15) is 11.3 Å². The Hall–Kier alpha value is -2.55. The van der Waals surface area contributed by atoms with E-state index >= 15 is 0 Å². The lowest BCUT2D eigenvalue weighted by atomic mass is 10.1. The number of thiophene rings is 1. The summed E-state index contributed by atoms with van der Waals surface area (Å²) in [4.78, 5) is 33.7. The maximum Gasteiger partial charge on any atom is 0.273 e. The van der Waals surface area contributed by atoms with Crippen LogP contribution in [-0.4, -0.2) is 59.3 Å². The minimum absolute atomic E-state index is 0.0246. The first kappa shape index (κ1) is 20.7. The summed E-state index contributed by atoms with van der Waals surface area (Å²) in [6, 6.07) is 7.92. The lowest BCUT2D eigenvalue weighted by molar-refractivity contribution is -0.117. The zero-order valence-electron chi connectivity index (χ0n) is 17.1. The van der Waals surface area contributed by atoms with Gasteiger partial charge in [0.25, 0.3) is 5.91 Å². The molecule has 30 heavy (non-hydrogen) atoms. The molecule has 0 atom stereocenters. The molecule has 0 bridgehead atoms. The minimum atomic E-state index is -0.0350. The van der Waals surface area contributed by atoms with Gasteiger partial charge in [-0.3, -0.25) is 14.5 Å². The zero-order valence-corrected chi connectivity index (χ0v) is 18.7. The highest BCUT2D eigenvalue weighted by molar-refractivity contribution is 7.14. The Labute approximate surface area is 184 Å². The van der Waals surface area contributed by atoms with Gasteiger partial charge in [0, 0.05) is 48.2 Å². The molecule has 6 nitrogen and oxygen atoms in total. The molecule has 1 aromatic carbocycles. The Bertz CT molecular complexity index is 1040. The number of amides is 2. The van der Waals surface area contributed by atoms with Crippen LogP contribution in [0.3, 0.4) is 0 Å². The monoisotopic (exact) mass is 440 g/mol. The van der Waals surface area contributed by atoms with Crippen molar-refractivity contribution < 1.29 is 9.59 Å². The average Bonchev–Trinajstić information content (AvgIpc) is 3.43. The zero-order chi connectivity index (χ0) is 21.1. The number of piperazine rings is 1. The molecule has 156 valence electrons. The molecule has 0 saturated carbocycles.